The average molecular weight is 595 g/mol. The third kappa shape index (κ3) is 5.52. The number of aromatic nitrogens is 4. The molecule has 5 heterocycles. The van der Waals surface area contributed by atoms with Gasteiger partial charge < -0.3 is 39.5 Å². The van der Waals surface area contributed by atoms with Crippen LogP contribution < -0.4 is 30.2 Å². The van der Waals surface area contributed by atoms with Gasteiger partial charge in [0.15, 0.2) is 11.5 Å². The summed E-state index contributed by atoms with van der Waals surface area (Å²) in [6, 6.07) is 5.40. The van der Waals surface area contributed by atoms with Crippen LogP contribution in [0, 0.1) is 0 Å². The van der Waals surface area contributed by atoms with Gasteiger partial charge in [0.2, 0.25) is 17.6 Å². The zero-order chi connectivity index (χ0) is 29.2. The lowest BCUT2D eigenvalue weighted by Crippen LogP contribution is -2.41. The van der Waals surface area contributed by atoms with Crippen molar-refractivity contribution in [3.63, 3.8) is 0 Å². The molecule has 0 bridgehead atoms. The van der Waals surface area contributed by atoms with Crippen LogP contribution in [0.3, 0.4) is 0 Å². The van der Waals surface area contributed by atoms with Gasteiger partial charge in [-0.25, -0.2) is 9.97 Å². The quantitative estimate of drug-likeness (QED) is 0.280. The minimum absolute atomic E-state index is 0.367. The first-order valence-electron chi connectivity index (χ1n) is 13.7. The Morgan fingerprint density at radius 1 is 1.10 bits per heavy atom. The lowest BCUT2D eigenvalue weighted by Gasteiger charge is -2.25. The van der Waals surface area contributed by atoms with Gasteiger partial charge in [0.05, 0.1) is 51.8 Å². The van der Waals surface area contributed by atoms with Gasteiger partial charge in [-0.05, 0) is 18.9 Å². The predicted octanol–water partition coefficient (Wildman–Crippen LogP) is 2.93. The number of morpholine rings is 1. The molecule has 0 spiro atoms. The Morgan fingerprint density at radius 2 is 1.86 bits per heavy atom. The molecule has 3 aromatic heterocycles. The third-order valence-electron chi connectivity index (χ3n) is 7.53. The van der Waals surface area contributed by atoms with E-state index in [0.717, 1.165) is 55.2 Å². The average Bonchev–Trinajstić information content (AvgIpc) is 3.77. The van der Waals surface area contributed by atoms with E-state index in [1.165, 1.54) is 4.88 Å². The molecular formula is C28H34N8O5S. The van der Waals surface area contributed by atoms with Crippen molar-refractivity contribution in [2.24, 2.45) is 5.73 Å². The molecule has 2 aliphatic rings. The summed E-state index contributed by atoms with van der Waals surface area (Å²) >= 11 is 1.63. The molecule has 3 N–H and O–H groups in total. The molecule has 42 heavy (non-hydrogen) atoms. The summed E-state index contributed by atoms with van der Waals surface area (Å²) in [6.45, 7) is 4.73. The number of nitrogens with one attached hydrogen (secondary N) is 1. The minimum Gasteiger partial charge on any atom is -0.493 e. The lowest BCUT2D eigenvalue weighted by molar-refractivity contribution is -0.119. The second-order valence-electron chi connectivity index (χ2n) is 10.1. The van der Waals surface area contributed by atoms with Crippen molar-refractivity contribution >= 4 is 45.0 Å². The lowest BCUT2D eigenvalue weighted by atomic mass is 10.2. The second kappa shape index (κ2) is 12.0. The number of hydrogen-bond acceptors (Lipinski definition) is 12. The third-order valence-corrected chi connectivity index (χ3v) is 8.54. The van der Waals surface area contributed by atoms with Crippen molar-refractivity contribution in [2.75, 3.05) is 64.4 Å². The highest BCUT2D eigenvalue weighted by Crippen LogP contribution is 2.40. The second-order valence-corrected chi connectivity index (χ2v) is 11.2. The maximum Gasteiger partial charge on any atom is 0.240 e. The number of carbonyl (C=O) groups excluding carboxylic acids is 1. The van der Waals surface area contributed by atoms with Gasteiger partial charge in [0.1, 0.15) is 28.8 Å². The molecule has 0 radical (unpaired) electrons. The van der Waals surface area contributed by atoms with Crippen molar-refractivity contribution in [2.45, 2.75) is 25.4 Å². The van der Waals surface area contributed by atoms with E-state index in [0.29, 0.717) is 47.8 Å². The first-order valence-corrected chi connectivity index (χ1v) is 14.6. The highest BCUT2D eigenvalue weighted by molar-refractivity contribution is 7.18. The highest BCUT2D eigenvalue weighted by atomic mass is 32.1. The van der Waals surface area contributed by atoms with Crippen molar-refractivity contribution < 1.29 is 23.7 Å². The van der Waals surface area contributed by atoms with Gasteiger partial charge in [-0.2, -0.15) is 4.98 Å². The molecule has 0 saturated carbocycles. The SMILES string of the molecule is COc1cc(-n2cnc(Nc3nc(N4CCCC4C(N)=O)nc4sc(CN5CCOCC5)cc34)c2)cc(OC)c1OC. The largest absolute Gasteiger partial charge is 0.493 e. The summed E-state index contributed by atoms with van der Waals surface area (Å²) in [5, 5.41) is 4.29. The molecule has 2 fully saturated rings. The first kappa shape index (κ1) is 28.0. The molecule has 13 nitrogen and oxygen atoms in total. The summed E-state index contributed by atoms with van der Waals surface area (Å²) in [5.74, 6) is 2.91. The number of imidazole rings is 1. The zero-order valence-corrected chi connectivity index (χ0v) is 24.6. The summed E-state index contributed by atoms with van der Waals surface area (Å²) in [5.41, 5.74) is 6.50. The molecule has 1 atom stereocenters. The number of carbonyl (C=O) groups is 1. The molecule has 0 aliphatic carbocycles. The fourth-order valence-corrected chi connectivity index (χ4v) is 6.47. The molecule has 6 rings (SSSR count). The van der Waals surface area contributed by atoms with E-state index in [-0.39, 0.29) is 5.91 Å². The molecule has 14 heteroatoms. The van der Waals surface area contributed by atoms with E-state index < -0.39 is 6.04 Å². The summed E-state index contributed by atoms with van der Waals surface area (Å²) in [7, 11) is 4.73. The molecule has 2 aliphatic heterocycles. The minimum atomic E-state index is -0.428. The first-order chi connectivity index (χ1) is 20.5. The van der Waals surface area contributed by atoms with E-state index in [2.05, 4.69) is 21.3 Å². The molecule has 2 saturated heterocycles. The molecule has 222 valence electrons. The van der Waals surface area contributed by atoms with Crippen LogP contribution in [0.4, 0.5) is 17.6 Å². The topological polar surface area (TPSA) is 142 Å². The van der Waals surface area contributed by atoms with Gasteiger partial charge in [-0.3, -0.25) is 9.69 Å². The number of anilines is 3. The van der Waals surface area contributed by atoms with E-state index in [4.69, 9.17) is 34.6 Å². The summed E-state index contributed by atoms with van der Waals surface area (Å²) in [4.78, 5) is 32.8. The standard InChI is InChI=1S/C28H34N8O5S/c1-38-21-11-17(12-22(39-2)24(21)40-3)35-15-23(30-16-35)31-26-19-13-18(14-34-7-9-41-10-8-34)42-27(19)33-28(32-26)36-6-4-5-20(36)25(29)37/h11-13,15-16,20H,4-10,14H2,1-3H3,(H2,29,37)(H,31,32,33). The number of hydrogen-bond donors (Lipinski definition) is 2. The predicted molar refractivity (Wildman–Crippen MR) is 160 cm³/mol. The highest BCUT2D eigenvalue weighted by Gasteiger charge is 2.32. The number of amides is 1. The smallest absolute Gasteiger partial charge is 0.240 e. The number of methoxy groups -OCH3 is 3. The number of benzene rings is 1. The fraction of sp³-hybridized carbons (Fsp3) is 0.429. The molecular weight excluding hydrogens is 560 g/mol. The molecule has 4 aromatic rings. The van der Waals surface area contributed by atoms with Crippen molar-refractivity contribution in [1.82, 2.24) is 24.4 Å². The van der Waals surface area contributed by atoms with Crippen LogP contribution in [-0.4, -0.2) is 90.5 Å². The Hall–Kier alpha value is -4.14. The molecule has 1 unspecified atom stereocenters. The van der Waals surface area contributed by atoms with Crippen LogP contribution in [-0.2, 0) is 16.1 Å². The maximum atomic E-state index is 12.2. The Kier molecular flexibility index (Phi) is 8.00. The number of nitrogens with two attached hydrogens (primary N) is 1. The van der Waals surface area contributed by atoms with E-state index in [1.54, 1.807) is 39.0 Å². The van der Waals surface area contributed by atoms with E-state index in [9.17, 15) is 4.79 Å². The number of ether oxygens (including phenoxy) is 4. The van der Waals surface area contributed by atoms with Crippen LogP contribution >= 0.6 is 11.3 Å². The van der Waals surface area contributed by atoms with Crippen LogP contribution in [0.2, 0.25) is 0 Å². The molecule has 1 amide bonds. The Labute approximate surface area is 247 Å². The van der Waals surface area contributed by atoms with Gasteiger partial charge >= 0.3 is 0 Å². The van der Waals surface area contributed by atoms with Crippen LogP contribution in [0.5, 0.6) is 17.2 Å². The Bertz CT molecular complexity index is 1560. The summed E-state index contributed by atoms with van der Waals surface area (Å²) < 4.78 is 23.9. The van der Waals surface area contributed by atoms with Crippen LogP contribution in [0.25, 0.3) is 15.9 Å². The monoisotopic (exact) mass is 594 g/mol. The number of primary amides is 1. The van der Waals surface area contributed by atoms with Crippen LogP contribution in [0.15, 0.2) is 30.7 Å². The Balaban J connectivity index is 1.35. The van der Waals surface area contributed by atoms with Crippen molar-refractivity contribution in [1.29, 1.82) is 0 Å². The number of fused-ring (bicyclic) bond motifs is 1. The van der Waals surface area contributed by atoms with Gasteiger partial charge in [-0.1, -0.05) is 0 Å². The number of thiophene rings is 1. The maximum absolute atomic E-state index is 12.2. The van der Waals surface area contributed by atoms with Gasteiger partial charge in [0.25, 0.3) is 0 Å². The van der Waals surface area contributed by atoms with Crippen molar-refractivity contribution in [3.05, 3.63) is 35.6 Å². The Morgan fingerprint density at radius 3 is 2.55 bits per heavy atom. The zero-order valence-electron chi connectivity index (χ0n) is 23.8. The van der Waals surface area contributed by atoms with Gasteiger partial charge in [-0.15, -0.1) is 11.3 Å². The fourth-order valence-electron chi connectivity index (χ4n) is 5.41. The summed E-state index contributed by atoms with van der Waals surface area (Å²) in [6.07, 6.45) is 5.09. The van der Waals surface area contributed by atoms with E-state index >= 15 is 0 Å². The number of nitrogens with zero attached hydrogens (tertiary/aromatic N) is 6. The van der Waals surface area contributed by atoms with Gasteiger partial charge in [0, 0.05) is 43.2 Å². The molecule has 1 aromatic carbocycles. The normalized spacial score (nSPS) is 17.5. The van der Waals surface area contributed by atoms with Crippen LogP contribution in [0.1, 0.15) is 17.7 Å². The number of rotatable bonds is 10. The van der Waals surface area contributed by atoms with Crippen molar-refractivity contribution in [3.8, 4) is 22.9 Å². The van der Waals surface area contributed by atoms with E-state index in [1.807, 2.05) is 27.8 Å².